The Bertz CT molecular complexity index is 232. The van der Waals surface area contributed by atoms with Gasteiger partial charge in [-0.1, -0.05) is 0 Å². The van der Waals surface area contributed by atoms with Gasteiger partial charge in [-0.25, -0.2) is 9.78 Å². The minimum Gasteiger partial charge on any atom is -0.347 e. The van der Waals surface area contributed by atoms with E-state index in [1.165, 1.54) is 0 Å². The number of nitrogens with zero attached hydrogens (tertiary/aromatic N) is 1. The monoisotopic (exact) mass is 168 g/mol. The Balaban J connectivity index is 2.22. The summed E-state index contributed by atoms with van der Waals surface area (Å²) in [4.78, 5) is 17.6. The number of carbonyl (C=O) groups is 1. The van der Waals surface area contributed by atoms with Crippen molar-refractivity contribution >= 4 is 6.03 Å². The number of hydrogen-bond acceptors (Lipinski definition) is 2. The molecule has 0 fully saturated rings. The highest BCUT2D eigenvalue weighted by atomic mass is 16.2. The highest BCUT2D eigenvalue weighted by Gasteiger charge is 1.97. The molecule has 1 heterocycles. The number of hydrogen-bond donors (Lipinski definition) is 3. The molecule has 12 heavy (non-hydrogen) atoms. The highest BCUT2D eigenvalue weighted by molar-refractivity contribution is 5.73. The molecule has 5 nitrogen and oxygen atoms in total. The van der Waals surface area contributed by atoms with Crippen molar-refractivity contribution in [3.8, 4) is 0 Å². The Hall–Kier alpha value is -1.52. The smallest absolute Gasteiger partial charge is 0.315 e. The van der Waals surface area contributed by atoms with Crippen LogP contribution in [0.25, 0.3) is 0 Å². The normalized spacial score (nSPS) is 9.42. The van der Waals surface area contributed by atoms with Crippen LogP contribution < -0.4 is 10.6 Å². The molecule has 5 heteroatoms. The van der Waals surface area contributed by atoms with E-state index in [2.05, 4.69) is 20.6 Å². The third-order valence-corrected chi connectivity index (χ3v) is 1.33. The fourth-order valence-electron chi connectivity index (χ4n) is 0.780. The van der Waals surface area contributed by atoms with E-state index in [0.717, 1.165) is 5.69 Å². The zero-order valence-electron chi connectivity index (χ0n) is 6.92. The van der Waals surface area contributed by atoms with Gasteiger partial charge < -0.3 is 15.6 Å². The van der Waals surface area contributed by atoms with E-state index >= 15 is 0 Å². The number of aromatic nitrogens is 2. The maximum Gasteiger partial charge on any atom is 0.315 e. The topological polar surface area (TPSA) is 69.8 Å². The molecular weight excluding hydrogens is 156 g/mol. The zero-order chi connectivity index (χ0) is 8.81. The number of rotatable bonds is 3. The van der Waals surface area contributed by atoms with Crippen LogP contribution in [0.1, 0.15) is 12.6 Å². The molecule has 1 aromatic heterocycles. The SMILES string of the molecule is CCNC(=O)NCc1cnc[nH]1. The highest BCUT2D eigenvalue weighted by Crippen LogP contribution is 1.88. The molecule has 1 rings (SSSR count). The summed E-state index contributed by atoms with van der Waals surface area (Å²) in [5.41, 5.74) is 0.890. The number of aromatic amines is 1. The maximum atomic E-state index is 10.9. The van der Waals surface area contributed by atoms with Gasteiger partial charge in [0.05, 0.1) is 18.6 Å². The number of imidazole rings is 1. The van der Waals surface area contributed by atoms with Crippen LogP contribution in [0.2, 0.25) is 0 Å². The number of H-pyrrole nitrogens is 1. The summed E-state index contributed by atoms with van der Waals surface area (Å²) in [7, 11) is 0. The largest absolute Gasteiger partial charge is 0.347 e. The summed E-state index contributed by atoms with van der Waals surface area (Å²) in [6.07, 6.45) is 3.25. The molecule has 3 N–H and O–H groups in total. The molecule has 1 aromatic rings. The Kier molecular flexibility index (Phi) is 3.13. The summed E-state index contributed by atoms with van der Waals surface area (Å²) >= 11 is 0. The Labute approximate surface area is 70.6 Å². The first-order chi connectivity index (χ1) is 5.83. The lowest BCUT2D eigenvalue weighted by molar-refractivity contribution is 0.241. The van der Waals surface area contributed by atoms with Gasteiger partial charge >= 0.3 is 6.03 Å². The zero-order valence-corrected chi connectivity index (χ0v) is 6.92. The second-order valence-electron chi connectivity index (χ2n) is 2.29. The third-order valence-electron chi connectivity index (χ3n) is 1.33. The van der Waals surface area contributed by atoms with Crippen molar-refractivity contribution in [1.29, 1.82) is 0 Å². The maximum absolute atomic E-state index is 10.9. The van der Waals surface area contributed by atoms with Crippen molar-refractivity contribution < 1.29 is 4.79 Å². The van der Waals surface area contributed by atoms with Gasteiger partial charge in [0, 0.05) is 12.7 Å². The third kappa shape index (κ3) is 2.61. The minimum absolute atomic E-state index is 0.160. The molecule has 0 saturated heterocycles. The lowest BCUT2D eigenvalue weighted by Crippen LogP contribution is -2.34. The Morgan fingerprint density at radius 3 is 3.08 bits per heavy atom. The van der Waals surface area contributed by atoms with Crippen LogP contribution in [-0.2, 0) is 6.54 Å². The van der Waals surface area contributed by atoms with Crippen molar-refractivity contribution in [2.24, 2.45) is 0 Å². The molecule has 0 aliphatic rings. The van der Waals surface area contributed by atoms with Gasteiger partial charge in [0.2, 0.25) is 0 Å². The fraction of sp³-hybridized carbons (Fsp3) is 0.429. The van der Waals surface area contributed by atoms with Gasteiger partial charge in [-0.15, -0.1) is 0 Å². The van der Waals surface area contributed by atoms with Gasteiger partial charge in [0.25, 0.3) is 0 Å². The minimum atomic E-state index is -0.160. The van der Waals surface area contributed by atoms with E-state index in [1.54, 1.807) is 12.5 Å². The predicted octanol–water partition coefficient (Wildman–Crippen LogP) is 0.229. The number of urea groups is 1. The van der Waals surface area contributed by atoms with Gasteiger partial charge in [0.1, 0.15) is 0 Å². The van der Waals surface area contributed by atoms with Crippen LogP contribution in [-0.4, -0.2) is 22.5 Å². The number of amides is 2. The molecule has 0 bridgehead atoms. The average molecular weight is 168 g/mol. The van der Waals surface area contributed by atoms with Gasteiger partial charge in [-0.2, -0.15) is 0 Å². The van der Waals surface area contributed by atoms with Gasteiger partial charge in [-0.3, -0.25) is 0 Å². The quantitative estimate of drug-likeness (QED) is 0.604. The first-order valence-corrected chi connectivity index (χ1v) is 3.82. The average Bonchev–Trinajstić information content (AvgIpc) is 2.53. The Morgan fingerprint density at radius 2 is 2.50 bits per heavy atom. The molecule has 0 aromatic carbocycles. The molecular formula is C7H12N4O. The van der Waals surface area contributed by atoms with Crippen LogP contribution in [0.4, 0.5) is 4.79 Å². The first kappa shape index (κ1) is 8.58. The lowest BCUT2D eigenvalue weighted by Gasteiger charge is -2.02. The molecule has 2 amide bonds. The molecule has 0 radical (unpaired) electrons. The summed E-state index contributed by atoms with van der Waals surface area (Å²) in [5.74, 6) is 0. The first-order valence-electron chi connectivity index (χ1n) is 3.82. The van der Waals surface area contributed by atoms with Crippen molar-refractivity contribution in [2.45, 2.75) is 13.5 Å². The van der Waals surface area contributed by atoms with Crippen molar-refractivity contribution in [1.82, 2.24) is 20.6 Å². The molecule has 0 saturated carbocycles. The molecule has 0 unspecified atom stereocenters. The van der Waals surface area contributed by atoms with Crippen LogP contribution >= 0.6 is 0 Å². The summed E-state index contributed by atoms with van der Waals surface area (Å²) in [6.45, 7) is 2.98. The number of nitrogens with one attached hydrogen (secondary N) is 3. The molecule has 0 aliphatic carbocycles. The van der Waals surface area contributed by atoms with E-state index in [9.17, 15) is 4.79 Å². The van der Waals surface area contributed by atoms with Crippen molar-refractivity contribution in [2.75, 3.05) is 6.54 Å². The molecule has 66 valence electrons. The van der Waals surface area contributed by atoms with Gasteiger partial charge in [0.15, 0.2) is 0 Å². The van der Waals surface area contributed by atoms with Gasteiger partial charge in [-0.05, 0) is 6.92 Å². The van der Waals surface area contributed by atoms with E-state index < -0.39 is 0 Å². The van der Waals surface area contributed by atoms with E-state index in [4.69, 9.17) is 0 Å². The molecule has 0 spiro atoms. The van der Waals surface area contributed by atoms with E-state index in [-0.39, 0.29) is 6.03 Å². The fourth-order valence-corrected chi connectivity index (χ4v) is 0.780. The second-order valence-corrected chi connectivity index (χ2v) is 2.29. The standard InChI is InChI=1S/C7H12N4O/c1-2-9-7(12)10-4-6-3-8-5-11-6/h3,5H,2,4H2,1H3,(H,8,11)(H2,9,10,12). The van der Waals surface area contributed by atoms with Crippen LogP contribution in [0.15, 0.2) is 12.5 Å². The van der Waals surface area contributed by atoms with Crippen LogP contribution in [0.5, 0.6) is 0 Å². The predicted molar refractivity (Wildman–Crippen MR) is 44.5 cm³/mol. The number of carbonyl (C=O) groups excluding carboxylic acids is 1. The summed E-state index contributed by atoms with van der Waals surface area (Å²) in [5, 5.41) is 5.29. The lowest BCUT2D eigenvalue weighted by atomic mass is 10.5. The van der Waals surface area contributed by atoms with Crippen LogP contribution in [0, 0.1) is 0 Å². The van der Waals surface area contributed by atoms with Crippen molar-refractivity contribution in [3.63, 3.8) is 0 Å². The molecule has 0 atom stereocenters. The Morgan fingerprint density at radius 1 is 1.67 bits per heavy atom. The van der Waals surface area contributed by atoms with E-state index in [0.29, 0.717) is 13.1 Å². The second kappa shape index (κ2) is 4.38. The summed E-state index contributed by atoms with van der Waals surface area (Å²) in [6, 6.07) is -0.160. The molecule has 0 aliphatic heterocycles. The summed E-state index contributed by atoms with van der Waals surface area (Å²) < 4.78 is 0. The van der Waals surface area contributed by atoms with Crippen molar-refractivity contribution in [3.05, 3.63) is 18.2 Å². The van der Waals surface area contributed by atoms with E-state index in [1.807, 2.05) is 6.92 Å². The van der Waals surface area contributed by atoms with Crippen LogP contribution in [0.3, 0.4) is 0 Å².